The number of hydrogen-bond acceptors (Lipinski definition) is 4. The molecule has 0 spiro atoms. The molecule has 212 valence electrons. The monoisotopic (exact) mass is 560 g/mol. The van der Waals surface area contributed by atoms with Gasteiger partial charge in [-0.25, -0.2) is 18.2 Å². The molecule has 2 heterocycles. The summed E-state index contributed by atoms with van der Waals surface area (Å²) in [6, 6.07) is 17.2. The molecular weight excluding hydrogens is 529 g/mol. The molecule has 2 aromatic heterocycles. The highest BCUT2D eigenvalue weighted by molar-refractivity contribution is 5.89. The van der Waals surface area contributed by atoms with E-state index in [-0.39, 0.29) is 25.3 Å². The number of H-pyrrole nitrogens is 1. The molecule has 1 unspecified atom stereocenters. The van der Waals surface area contributed by atoms with Gasteiger partial charge in [0, 0.05) is 28.7 Å². The van der Waals surface area contributed by atoms with Crippen LogP contribution in [0, 0.1) is 17.5 Å². The number of aliphatic hydroxyl groups excluding tert-OH is 1. The SMILES string of the molecule is CC.Nc1ccc(-c2cccc(CO)c2)c(C(Cc2cc(F)cc(F)c2)NC(=O)Cc2c[nH]c3ccc(F)cc23)n1. The lowest BCUT2D eigenvalue weighted by molar-refractivity contribution is -0.121. The van der Waals surface area contributed by atoms with Crippen LogP contribution in [0.25, 0.3) is 22.0 Å². The molecule has 0 radical (unpaired) electrons. The van der Waals surface area contributed by atoms with Gasteiger partial charge in [0.05, 0.1) is 24.8 Å². The van der Waals surface area contributed by atoms with Crippen LogP contribution in [-0.2, 0) is 24.2 Å². The first-order chi connectivity index (χ1) is 19.8. The van der Waals surface area contributed by atoms with Crippen molar-refractivity contribution in [3.8, 4) is 11.1 Å². The van der Waals surface area contributed by atoms with E-state index in [0.717, 1.165) is 11.6 Å². The van der Waals surface area contributed by atoms with Gasteiger partial charge in [0.15, 0.2) is 0 Å². The lowest BCUT2D eigenvalue weighted by Crippen LogP contribution is -2.32. The number of anilines is 1. The molecule has 9 heteroatoms. The van der Waals surface area contributed by atoms with Crippen molar-refractivity contribution in [3.63, 3.8) is 0 Å². The number of benzene rings is 3. The normalized spacial score (nSPS) is 11.6. The minimum atomic E-state index is -0.822. The molecule has 3 aromatic carbocycles. The molecule has 0 saturated heterocycles. The third-order valence-corrected chi connectivity index (χ3v) is 6.47. The number of amides is 1. The predicted molar refractivity (Wildman–Crippen MR) is 154 cm³/mol. The number of halogens is 3. The van der Waals surface area contributed by atoms with Crippen LogP contribution in [0.3, 0.4) is 0 Å². The molecule has 6 nitrogen and oxygen atoms in total. The second kappa shape index (κ2) is 13.1. The first kappa shape index (κ1) is 29.4. The third-order valence-electron chi connectivity index (χ3n) is 6.47. The first-order valence-corrected chi connectivity index (χ1v) is 13.3. The van der Waals surface area contributed by atoms with Crippen LogP contribution in [0.1, 0.15) is 42.3 Å². The number of carbonyl (C=O) groups is 1. The van der Waals surface area contributed by atoms with Crippen LogP contribution < -0.4 is 11.1 Å². The number of fused-ring (bicyclic) bond motifs is 1. The van der Waals surface area contributed by atoms with Crippen molar-refractivity contribution in [2.24, 2.45) is 0 Å². The van der Waals surface area contributed by atoms with Crippen LogP contribution in [0.2, 0.25) is 0 Å². The van der Waals surface area contributed by atoms with Crippen molar-refractivity contribution >= 4 is 22.6 Å². The van der Waals surface area contributed by atoms with Gasteiger partial charge < -0.3 is 21.1 Å². The van der Waals surface area contributed by atoms with Crippen LogP contribution in [-0.4, -0.2) is 21.0 Å². The van der Waals surface area contributed by atoms with Crippen molar-refractivity contribution in [2.45, 2.75) is 39.3 Å². The highest BCUT2D eigenvalue weighted by atomic mass is 19.1. The lowest BCUT2D eigenvalue weighted by atomic mass is 9.94. The smallest absolute Gasteiger partial charge is 0.225 e. The van der Waals surface area contributed by atoms with Gasteiger partial charge >= 0.3 is 0 Å². The number of hydrogen-bond donors (Lipinski definition) is 4. The maximum Gasteiger partial charge on any atom is 0.225 e. The molecule has 5 aromatic rings. The standard InChI is InChI=1S/C30H25F3N4O2.C2H6/c31-21-4-6-26-25(14-21)20(15-35-26)12-29(39)36-27(11-18-9-22(32)13-23(33)10-18)30-24(5-7-28(34)37-30)19-3-1-2-17(8-19)16-38;1-2/h1-10,13-15,27,35,38H,11-12,16H2,(H2,34,37)(H,36,39);1-2H3. The van der Waals surface area contributed by atoms with E-state index in [2.05, 4.69) is 15.3 Å². The molecule has 5 N–H and O–H groups in total. The molecule has 0 bridgehead atoms. The Morgan fingerprint density at radius 1 is 0.951 bits per heavy atom. The summed E-state index contributed by atoms with van der Waals surface area (Å²) in [6.45, 7) is 3.83. The zero-order valence-electron chi connectivity index (χ0n) is 22.7. The molecule has 41 heavy (non-hydrogen) atoms. The number of aromatic nitrogens is 2. The summed E-state index contributed by atoms with van der Waals surface area (Å²) >= 11 is 0. The number of pyridine rings is 1. The Morgan fingerprint density at radius 3 is 2.44 bits per heavy atom. The summed E-state index contributed by atoms with van der Waals surface area (Å²) in [5.41, 5.74) is 10.1. The fraction of sp³-hybridized carbons (Fsp3) is 0.188. The third kappa shape index (κ3) is 7.12. The highest BCUT2D eigenvalue weighted by Gasteiger charge is 2.23. The number of nitrogens with one attached hydrogen (secondary N) is 2. The highest BCUT2D eigenvalue weighted by Crippen LogP contribution is 2.31. The van der Waals surface area contributed by atoms with Crippen molar-refractivity contribution < 1.29 is 23.1 Å². The topological polar surface area (TPSA) is 104 Å². The van der Waals surface area contributed by atoms with E-state index in [9.17, 15) is 23.1 Å². The fourth-order valence-electron chi connectivity index (χ4n) is 4.73. The molecule has 0 aliphatic heterocycles. The van der Waals surface area contributed by atoms with Gasteiger partial charge in [0.2, 0.25) is 5.91 Å². The largest absolute Gasteiger partial charge is 0.392 e. The van der Waals surface area contributed by atoms with Gasteiger partial charge in [-0.05, 0) is 77.2 Å². The van der Waals surface area contributed by atoms with Crippen LogP contribution in [0.5, 0.6) is 0 Å². The summed E-state index contributed by atoms with van der Waals surface area (Å²) in [4.78, 5) is 20.9. The maximum atomic E-state index is 14.0. The Kier molecular flexibility index (Phi) is 9.41. The minimum absolute atomic E-state index is 0.0199. The molecule has 0 fully saturated rings. The molecule has 5 rings (SSSR count). The van der Waals surface area contributed by atoms with Crippen molar-refractivity contribution in [1.82, 2.24) is 15.3 Å². The van der Waals surface area contributed by atoms with E-state index in [0.29, 0.717) is 38.9 Å². The fourth-order valence-corrected chi connectivity index (χ4v) is 4.73. The second-order valence-corrected chi connectivity index (χ2v) is 9.31. The van der Waals surface area contributed by atoms with Gasteiger partial charge in [0.25, 0.3) is 0 Å². The van der Waals surface area contributed by atoms with Crippen molar-refractivity contribution in [1.29, 1.82) is 0 Å². The summed E-state index contributed by atoms with van der Waals surface area (Å²) in [7, 11) is 0. The first-order valence-electron chi connectivity index (χ1n) is 13.3. The number of nitrogen functional groups attached to an aromatic ring is 1. The van der Waals surface area contributed by atoms with E-state index in [4.69, 9.17) is 5.73 Å². The van der Waals surface area contributed by atoms with Crippen LogP contribution in [0.15, 0.2) is 79.0 Å². The molecule has 0 aliphatic rings. The molecular formula is C32H31F3N4O2. The van der Waals surface area contributed by atoms with Gasteiger partial charge in [-0.15, -0.1) is 0 Å². The number of nitrogens with zero attached hydrogens (tertiary/aromatic N) is 1. The summed E-state index contributed by atoms with van der Waals surface area (Å²) < 4.78 is 42.0. The number of aliphatic hydroxyl groups is 1. The Bertz CT molecular complexity index is 1650. The number of aromatic amines is 1. The molecule has 1 amide bonds. The maximum absolute atomic E-state index is 14.0. The van der Waals surface area contributed by atoms with Crippen molar-refractivity contribution in [3.05, 3.63) is 119 Å². The Labute approximate surface area is 236 Å². The van der Waals surface area contributed by atoms with E-state index in [1.165, 1.54) is 24.3 Å². The van der Waals surface area contributed by atoms with Gasteiger partial charge in [0.1, 0.15) is 23.3 Å². The zero-order chi connectivity index (χ0) is 29.5. The summed E-state index contributed by atoms with van der Waals surface area (Å²) in [5.74, 6) is -2.11. The number of nitrogens with two attached hydrogens (primary N) is 1. The molecule has 1 atom stereocenters. The average Bonchev–Trinajstić information content (AvgIpc) is 3.34. The van der Waals surface area contributed by atoms with Crippen LogP contribution in [0.4, 0.5) is 19.0 Å². The van der Waals surface area contributed by atoms with Gasteiger partial charge in [-0.1, -0.05) is 32.0 Å². The van der Waals surface area contributed by atoms with Gasteiger partial charge in [-0.2, -0.15) is 0 Å². The van der Waals surface area contributed by atoms with E-state index >= 15 is 0 Å². The Morgan fingerprint density at radius 2 is 1.71 bits per heavy atom. The number of rotatable bonds is 8. The average molecular weight is 561 g/mol. The Hall–Kier alpha value is -4.63. The van der Waals surface area contributed by atoms with E-state index in [1.54, 1.807) is 42.6 Å². The summed E-state index contributed by atoms with van der Waals surface area (Å²) in [5, 5.41) is 13.1. The van der Waals surface area contributed by atoms with E-state index < -0.39 is 29.4 Å². The van der Waals surface area contributed by atoms with Crippen LogP contribution >= 0.6 is 0 Å². The summed E-state index contributed by atoms with van der Waals surface area (Å²) in [6.07, 6.45) is 1.59. The Balaban J connectivity index is 0.00000189. The predicted octanol–water partition coefficient (Wildman–Crippen LogP) is 6.39. The van der Waals surface area contributed by atoms with E-state index in [1.807, 2.05) is 19.9 Å². The molecule has 0 aliphatic carbocycles. The van der Waals surface area contributed by atoms with Gasteiger partial charge in [-0.3, -0.25) is 4.79 Å². The van der Waals surface area contributed by atoms with Crippen molar-refractivity contribution in [2.75, 3.05) is 5.73 Å². The zero-order valence-corrected chi connectivity index (χ0v) is 22.7. The quantitative estimate of drug-likeness (QED) is 0.177. The minimum Gasteiger partial charge on any atom is -0.392 e. The number of carbonyl (C=O) groups excluding carboxylic acids is 1. The molecule has 0 saturated carbocycles. The lowest BCUT2D eigenvalue weighted by Gasteiger charge is -2.22. The second-order valence-electron chi connectivity index (χ2n) is 9.31.